The van der Waals surface area contributed by atoms with Crippen LogP contribution in [0.5, 0.6) is 11.5 Å². The van der Waals surface area contributed by atoms with Crippen molar-refractivity contribution in [2.24, 2.45) is 0 Å². The number of unbranched alkanes of at least 4 members (excludes halogenated alkanes) is 4. The predicted octanol–water partition coefficient (Wildman–Crippen LogP) is 10.7. The molecule has 3 aromatic carbocycles. The first-order valence-electron chi connectivity index (χ1n) is 17.1. The van der Waals surface area contributed by atoms with Gasteiger partial charge in [-0.3, -0.25) is 0 Å². The van der Waals surface area contributed by atoms with Crippen molar-refractivity contribution in [2.75, 3.05) is 52.5 Å². The van der Waals surface area contributed by atoms with E-state index in [-0.39, 0.29) is 24.8 Å². The molecule has 4 nitrogen and oxygen atoms in total. The van der Waals surface area contributed by atoms with Crippen LogP contribution in [0.25, 0.3) is 33.0 Å². The smallest absolute Gasteiger partial charge is 0.127 e. The second kappa shape index (κ2) is 20.9. The molecule has 0 heterocycles. The summed E-state index contributed by atoms with van der Waals surface area (Å²) in [5, 5.41) is 2.54. The molecule has 0 bridgehead atoms. The molecule has 0 saturated carbocycles. The standard InChI is InChI=1S/C38H56N2O2.2ClH/c1-5-9-22-39(23-10-6-2)26-14-28-41-31-18-19-32-33-16-13-17-35-37(21-20-34(38(33)35)36(32)30-31)42-29-15-27-40(24-11-7-3)25-12-8-4;;/h13,16-21,30H,5-12,14-15,22-29H2,1-4H3;2*1H. The first kappa shape index (κ1) is 38.2. The highest BCUT2D eigenvalue weighted by Crippen LogP contribution is 2.50. The van der Waals surface area contributed by atoms with Gasteiger partial charge in [0.2, 0.25) is 0 Å². The zero-order chi connectivity index (χ0) is 29.6. The Bertz CT molecular complexity index is 1220. The van der Waals surface area contributed by atoms with Crippen LogP contribution in [-0.2, 0) is 0 Å². The van der Waals surface area contributed by atoms with Crippen molar-refractivity contribution in [3.8, 4) is 33.8 Å². The molecule has 3 aromatic rings. The third kappa shape index (κ3) is 10.5. The van der Waals surface area contributed by atoms with E-state index in [0.717, 1.165) is 50.6 Å². The fourth-order valence-electron chi connectivity index (χ4n) is 6.17. The Labute approximate surface area is 280 Å². The normalized spacial score (nSPS) is 11.5. The molecule has 0 aliphatic heterocycles. The summed E-state index contributed by atoms with van der Waals surface area (Å²) in [7, 11) is 0. The zero-order valence-corrected chi connectivity index (χ0v) is 29.5. The van der Waals surface area contributed by atoms with Crippen molar-refractivity contribution in [1.82, 2.24) is 9.80 Å². The van der Waals surface area contributed by atoms with Crippen molar-refractivity contribution in [2.45, 2.75) is 91.9 Å². The lowest BCUT2D eigenvalue weighted by Gasteiger charge is -2.22. The van der Waals surface area contributed by atoms with Gasteiger partial charge in [-0.1, -0.05) is 83.7 Å². The minimum atomic E-state index is 0. The maximum absolute atomic E-state index is 6.42. The summed E-state index contributed by atoms with van der Waals surface area (Å²) in [6.45, 7) is 17.7. The van der Waals surface area contributed by atoms with E-state index in [4.69, 9.17) is 9.47 Å². The number of hydrogen-bond donors (Lipinski definition) is 0. The molecule has 246 valence electrons. The molecule has 0 aromatic heterocycles. The van der Waals surface area contributed by atoms with Crippen LogP contribution in [-0.4, -0.2) is 62.3 Å². The van der Waals surface area contributed by atoms with Crippen LogP contribution < -0.4 is 9.47 Å². The third-order valence-electron chi connectivity index (χ3n) is 8.65. The summed E-state index contributed by atoms with van der Waals surface area (Å²) in [5.74, 6) is 1.98. The summed E-state index contributed by atoms with van der Waals surface area (Å²) in [6.07, 6.45) is 12.3. The molecule has 6 heteroatoms. The van der Waals surface area contributed by atoms with E-state index >= 15 is 0 Å². The Morgan fingerprint density at radius 1 is 0.500 bits per heavy atom. The summed E-state index contributed by atoms with van der Waals surface area (Å²) < 4.78 is 12.7. The first-order chi connectivity index (χ1) is 20.7. The van der Waals surface area contributed by atoms with Crippen LogP contribution in [0.4, 0.5) is 0 Å². The summed E-state index contributed by atoms with van der Waals surface area (Å²) >= 11 is 0. The second-order valence-corrected chi connectivity index (χ2v) is 12.0. The number of halogens is 2. The topological polar surface area (TPSA) is 24.9 Å². The van der Waals surface area contributed by atoms with Gasteiger partial charge in [0.1, 0.15) is 11.5 Å². The monoisotopic (exact) mass is 644 g/mol. The van der Waals surface area contributed by atoms with Gasteiger partial charge in [-0.25, -0.2) is 0 Å². The summed E-state index contributed by atoms with van der Waals surface area (Å²) in [5.41, 5.74) is 5.18. The molecule has 0 fully saturated rings. The second-order valence-electron chi connectivity index (χ2n) is 12.0. The van der Waals surface area contributed by atoms with Gasteiger partial charge in [-0.2, -0.15) is 0 Å². The van der Waals surface area contributed by atoms with Crippen LogP contribution >= 0.6 is 24.8 Å². The zero-order valence-electron chi connectivity index (χ0n) is 27.9. The minimum absolute atomic E-state index is 0. The predicted molar refractivity (Wildman–Crippen MR) is 196 cm³/mol. The van der Waals surface area contributed by atoms with Gasteiger partial charge in [-0.05, 0) is 105 Å². The number of nitrogens with zero attached hydrogens (tertiary/aromatic N) is 2. The average Bonchev–Trinajstić information content (AvgIpc) is 3.34. The number of rotatable bonds is 22. The molecule has 0 amide bonds. The molecule has 1 aliphatic carbocycles. The fourth-order valence-corrected chi connectivity index (χ4v) is 6.17. The van der Waals surface area contributed by atoms with Gasteiger partial charge in [0, 0.05) is 23.9 Å². The van der Waals surface area contributed by atoms with E-state index in [9.17, 15) is 0 Å². The molecule has 4 rings (SSSR count). The van der Waals surface area contributed by atoms with E-state index in [1.54, 1.807) is 0 Å². The van der Waals surface area contributed by atoms with E-state index < -0.39 is 0 Å². The van der Waals surface area contributed by atoms with Crippen molar-refractivity contribution < 1.29 is 9.47 Å². The van der Waals surface area contributed by atoms with E-state index in [0.29, 0.717) is 0 Å². The number of fused-ring (bicyclic) bond motifs is 3. The Morgan fingerprint density at radius 2 is 1.00 bits per heavy atom. The van der Waals surface area contributed by atoms with Gasteiger partial charge >= 0.3 is 0 Å². The lowest BCUT2D eigenvalue weighted by Crippen LogP contribution is -2.28. The molecule has 1 aliphatic rings. The van der Waals surface area contributed by atoms with Gasteiger partial charge in [0.25, 0.3) is 0 Å². The minimum Gasteiger partial charge on any atom is -0.494 e. The Kier molecular flexibility index (Phi) is 18.2. The largest absolute Gasteiger partial charge is 0.494 e. The molecule has 0 radical (unpaired) electrons. The molecule has 0 saturated heterocycles. The first-order valence-corrected chi connectivity index (χ1v) is 17.1. The Hall–Kier alpha value is -1.98. The van der Waals surface area contributed by atoms with Crippen LogP contribution in [0.2, 0.25) is 0 Å². The number of benzene rings is 3. The summed E-state index contributed by atoms with van der Waals surface area (Å²) in [4.78, 5) is 5.24. The molecule has 0 unspecified atom stereocenters. The number of ether oxygens (including phenoxy) is 2. The quantitative estimate of drug-likeness (QED) is 0.0794. The average molecular weight is 646 g/mol. The lowest BCUT2D eigenvalue weighted by atomic mass is 10.0. The maximum Gasteiger partial charge on any atom is 0.127 e. The summed E-state index contributed by atoms with van der Waals surface area (Å²) in [6, 6.07) is 17.7. The SMILES string of the molecule is CCCCN(CCCC)CCCOc1ccc2c(c1)-c1ccc(OCCCN(CCCC)CCCC)c3cccc-2c13.Cl.Cl. The molecule has 44 heavy (non-hydrogen) atoms. The molecule has 0 atom stereocenters. The maximum atomic E-state index is 6.42. The van der Waals surface area contributed by atoms with Crippen LogP contribution in [0, 0.1) is 0 Å². The van der Waals surface area contributed by atoms with E-state index in [2.05, 4.69) is 86.0 Å². The van der Waals surface area contributed by atoms with Gasteiger partial charge in [0.15, 0.2) is 0 Å². The molecular weight excluding hydrogens is 587 g/mol. The lowest BCUT2D eigenvalue weighted by molar-refractivity contribution is 0.229. The van der Waals surface area contributed by atoms with Gasteiger partial charge in [0.05, 0.1) is 13.2 Å². The van der Waals surface area contributed by atoms with Gasteiger partial charge < -0.3 is 19.3 Å². The van der Waals surface area contributed by atoms with Crippen molar-refractivity contribution in [3.05, 3.63) is 48.5 Å². The third-order valence-corrected chi connectivity index (χ3v) is 8.65. The van der Waals surface area contributed by atoms with Crippen LogP contribution in [0.1, 0.15) is 91.9 Å². The van der Waals surface area contributed by atoms with Gasteiger partial charge in [-0.15, -0.1) is 24.8 Å². The molecule has 0 N–H and O–H groups in total. The Morgan fingerprint density at radius 3 is 1.57 bits per heavy atom. The van der Waals surface area contributed by atoms with Crippen LogP contribution in [0.3, 0.4) is 0 Å². The molecule has 0 spiro atoms. The highest BCUT2D eigenvalue weighted by atomic mass is 35.5. The van der Waals surface area contributed by atoms with E-state index in [1.807, 2.05) is 0 Å². The highest BCUT2D eigenvalue weighted by molar-refractivity contribution is 6.16. The van der Waals surface area contributed by atoms with Crippen LogP contribution in [0.15, 0.2) is 48.5 Å². The Balaban J connectivity index is 0.00000337. The molecular formula is C38H58Cl2N2O2. The van der Waals surface area contributed by atoms with Crippen molar-refractivity contribution in [1.29, 1.82) is 0 Å². The number of hydrogen-bond acceptors (Lipinski definition) is 4. The fraction of sp³-hybridized carbons (Fsp3) is 0.579. The van der Waals surface area contributed by atoms with Crippen molar-refractivity contribution >= 4 is 35.6 Å². The van der Waals surface area contributed by atoms with Crippen molar-refractivity contribution in [3.63, 3.8) is 0 Å². The highest BCUT2D eigenvalue weighted by Gasteiger charge is 2.23. The van der Waals surface area contributed by atoms with E-state index in [1.165, 1.54) is 111 Å².